The first-order valence-corrected chi connectivity index (χ1v) is 20.8. The van der Waals surface area contributed by atoms with Crippen molar-refractivity contribution in [3.63, 3.8) is 0 Å². The van der Waals surface area contributed by atoms with Gasteiger partial charge in [0.05, 0.1) is 0 Å². The van der Waals surface area contributed by atoms with Crippen molar-refractivity contribution in [3.05, 3.63) is 0 Å². The number of hydrogen-bond donors (Lipinski definition) is 4. The van der Waals surface area contributed by atoms with Crippen molar-refractivity contribution in [3.8, 4) is 0 Å². The predicted molar refractivity (Wildman–Crippen MR) is 174 cm³/mol. The van der Waals surface area contributed by atoms with Gasteiger partial charge in [-0.2, -0.15) is 241 Å². The van der Waals surface area contributed by atoms with Gasteiger partial charge in [0.1, 0.15) is 0 Å². The quantitative estimate of drug-likeness (QED) is 0.0424. The monoisotopic (exact) mass is 1600 g/mol. The molecular weight excluding hydrogens is 1600 g/mol. The maximum absolute atomic E-state index is 18.3. The Bertz CT molecular complexity index is 3090. The second-order valence-corrected chi connectivity index (χ2v) is 18.8. The number of carboxylic acid groups (broad SMARTS) is 4. The summed E-state index contributed by atoms with van der Waals surface area (Å²) in [5.41, 5.74) is -52.3. The topological polar surface area (TPSA) is 149 Å². The lowest BCUT2D eigenvalue weighted by molar-refractivity contribution is -0.528. The van der Waals surface area contributed by atoms with Crippen molar-refractivity contribution < 1.29 is 285 Å². The van der Waals surface area contributed by atoms with Gasteiger partial charge in [0.25, 0.3) is 11.1 Å². The van der Waals surface area contributed by atoms with Gasteiger partial charge in [-0.05, 0) is 0 Å². The van der Waals surface area contributed by atoms with E-state index in [1.165, 1.54) is 0 Å². The first-order valence-electron chi connectivity index (χ1n) is 20.8. The first-order chi connectivity index (χ1) is 41.3. The van der Waals surface area contributed by atoms with Crippen LogP contribution >= 0.6 is 0 Å². The Morgan fingerprint density at radius 1 is 0.184 bits per heavy atom. The maximum Gasteiger partial charge on any atom is 0.460 e. The van der Waals surface area contributed by atoms with Gasteiger partial charge < -0.3 is 20.4 Å². The molecule has 0 aliphatic heterocycles. The number of aliphatic carboxylic acids is 4. The van der Waals surface area contributed by atoms with Gasteiger partial charge in [-0.1, -0.05) is 0 Å². The summed E-state index contributed by atoms with van der Waals surface area (Å²) in [6.07, 6.45) is -28.1. The summed E-state index contributed by atoms with van der Waals surface area (Å²) in [6, 6.07) is 0. The molecule has 1 aliphatic carbocycles. The third-order valence-corrected chi connectivity index (χ3v) is 13.8. The van der Waals surface area contributed by atoms with Crippen molar-refractivity contribution in [2.45, 2.75) is 160 Å². The number of carboxylic acids is 4. The highest BCUT2D eigenvalue weighted by Crippen LogP contribution is 2.88. The highest BCUT2D eigenvalue weighted by Gasteiger charge is 3.18. The molecule has 1 aliphatic rings. The molecule has 0 amide bonds. The number of hydrogen-bond acceptors (Lipinski definition) is 4. The van der Waals surface area contributed by atoms with E-state index in [0.717, 1.165) is 0 Å². The fraction of sp³-hybridized carbons (Fsp3) is 0.882. The van der Waals surface area contributed by atoms with Crippen LogP contribution in [0.25, 0.3) is 0 Å². The number of alkyl halides is 56. The van der Waals surface area contributed by atoms with Crippen molar-refractivity contribution in [2.24, 2.45) is 16.2 Å². The molecule has 1 fully saturated rings. The van der Waals surface area contributed by atoms with Crippen molar-refractivity contribution in [1.82, 2.24) is 0 Å². The lowest BCUT2D eigenvalue weighted by Gasteiger charge is -2.63. The van der Waals surface area contributed by atoms with Gasteiger partial charge in [-0.15, -0.1) is 0 Å². The zero-order valence-corrected chi connectivity index (χ0v) is 41.6. The number of carbonyl (C=O) groups is 4. The maximum atomic E-state index is 18.3. The highest BCUT2D eigenvalue weighted by molar-refractivity contribution is 6.15. The summed E-state index contributed by atoms with van der Waals surface area (Å²) in [5, 5.41) is 37.7. The van der Waals surface area contributed by atoms with Crippen LogP contribution in [0.2, 0.25) is 0 Å². The third kappa shape index (κ3) is 8.59. The summed E-state index contributed by atoms with van der Waals surface area (Å²) in [5.74, 6) is -304. The molecule has 8 nitrogen and oxygen atoms in total. The zero-order valence-electron chi connectivity index (χ0n) is 41.6. The van der Waals surface area contributed by atoms with Crippen molar-refractivity contribution in [1.29, 1.82) is 0 Å². The summed E-state index contributed by atoms with van der Waals surface area (Å²) >= 11 is 0. The second-order valence-electron chi connectivity index (χ2n) is 18.8. The molecular formula is C34H4F56O8. The molecule has 64 heteroatoms. The van der Waals surface area contributed by atoms with E-state index in [4.69, 9.17) is 0 Å². The van der Waals surface area contributed by atoms with Crippen molar-refractivity contribution in [2.75, 3.05) is 0 Å². The lowest BCUT2D eigenvalue weighted by Crippen LogP contribution is -2.94. The Morgan fingerprint density at radius 2 is 0.327 bits per heavy atom. The number of halogens is 56. The van der Waals surface area contributed by atoms with E-state index in [-0.39, 0.29) is 0 Å². The van der Waals surface area contributed by atoms with E-state index < -0.39 is 201 Å². The molecule has 0 aromatic carbocycles. The van der Waals surface area contributed by atoms with Crippen LogP contribution in [0.1, 0.15) is 0 Å². The van der Waals surface area contributed by atoms with E-state index in [0.29, 0.717) is 0 Å². The minimum atomic E-state index is -14.5. The van der Waals surface area contributed by atoms with E-state index >= 15 is 119 Å². The molecule has 0 heterocycles. The molecule has 4 N–H and O–H groups in total. The predicted octanol–water partition coefficient (Wildman–Crippen LogP) is 16.3. The largest absolute Gasteiger partial charge is 0.480 e. The third-order valence-electron chi connectivity index (χ3n) is 13.8. The van der Waals surface area contributed by atoms with E-state index in [1.807, 2.05) is 0 Å². The molecule has 580 valence electrons. The Morgan fingerprint density at radius 3 is 0.480 bits per heavy atom. The molecule has 98 heavy (non-hydrogen) atoms. The molecule has 2 unspecified atom stereocenters. The van der Waals surface area contributed by atoms with Crippen LogP contribution < -0.4 is 0 Å². The van der Waals surface area contributed by atoms with Gasteiger partial charge in [0, 0.05) is 0 Å². The van der Waals surface area contributed by atoms with Gasteiger partial charge in [0.2, 0.25) is 5.41 Å². The molecule has 1 saturated carbocycles. The minimum absolute atomic E-state index is 7.34. The Labute approximate surface area is 487 Å². The lowest BCUT2D eigenvalue weighted by atomic mass is 9.39. The average Bonchev–Trinajstić information content (AvgIpc) is 1.26. The van der Waals surface area contributed by atoms with Crippen LogP contribution in [0.4, 0.5) is 246 Å². The van der Waals surface area contributed by atoms with Crippen LogP contribution in [-0.2, 0) is 19.2 Å². The second kappa shape index (κ2) is 21.3. The van der Waals surface area contributed by atoms with Gasteiger partial charge in [-0.3, -0.25) is 19.2 Å². The molecule has 2 atom stereocenters. The van der Waals surface area contributed by atoms with Gasteiger partial charge in [-0.25, -0.2) is 4.39 Å². The normalized spacial score (nSPS) is 22.7. The minimum Gasteiger partial charge on any atom is -0.480 e. The standard InChI is InChI=1S/C34H4F56O8/c35-8(13(44,45)17(52,53)20(58,59)22(62,63)25(68,69)28(74,75)31(80,81)34(88,89)90)7(11(40,41)16(50,51)19(56,57)23(64,65)26(70,71)29(76,77)32(82,83)84,5(1(91)92,2(93)94)6(3(95)96,4(97)98)9(36,37)14(46,47)12(8,42)43)10(38,39)15(48,49)18(54,55)21(60,61)24(66,67)27(72,73)30(78,79)33(85,86)87/h(H,91,92)(H,93,94)(H,95,96)(H,97,98). The molecule has 0 aromatic rings. The Kier molecular flexibility index (Phi) is 19.5. The first kappa shape index (κ1) is 90.0. The van der Waals surface area contributed by atoms with Crippen LogP contribution in [0, 0.1) is 16.2 Å². The average molecular weight is 1600 g/mol. The molecule has 0 aromatic heterocycles. The Balaban J connectivity index is 6.76. The smallest absolute Gasteiger partial charge is 0.460 e. The van der Waals surface area contributed by atoms with Crippen LogP contribution in [0.15, 0.2) is 0 Å². The van der Waals surface area contributed by atoms with E-state index in [9.17, 15) is 167 Å². The number of rotatable bonds is 24. The summed E-state index contributed by atoms with van der Waals surface area (Å²) < 4.78 is 840. The Hall–Kier alpha value is -6.04. The fourth-order valence-corrected chi connectivity index (χ4v) is 8.59. The fourth-order valence-electron chi connectivity index (χ4n) is 8.59. The van der Waals surface area contributed by atoms with Crippen LogP contribution in [-0.4, -0.2) is 205 Å². The zero-order chi connectivity index (χ0) is 81.3. The highest BCUT2D eigenvalue weighted by atomic mass is 19.5. The van der Waals surface area contributed by atoms with E-state index in [2.05, 4.69) is 0 Å². The summed E-state index contributed by atoms with van der Waals surface area (Å²) in [4.78, 5) is 50.6. The van der Waals surface area contributed by atoms with Crippen molar-refractivity contribution >= 4 is 23.9 Å². The molecule has 0 radical (unpaired) electrons. The van der Waals surface area contributed by atoms with Crippen LogP contribution in [0.3, 0.4) is 0 Å². The molecule has 0 saturated heterocycles. The van der Waals surface area contributed by atoms with E-state index in [1.54, 1.807) is 0 Å². The molecule has 0 bridgehead atoms. The molecule has 0 spiro atoms. The summed E-state index contributed by atoms with van der Waals surface area (Å²) in [6.45, 7) is 0. The summed E-state index contributed by atoms with van der Waals surface area (Å²) in [7, 11) is 0. The SMILES string of the molecule is O=C(O)C1(C(=O)O)C(F)(F)C(F)(F)C(F)(F)C(F)(C(F)(F)C(F)(F)C(F)(F)C(F)(F)C(F)(F)C(F)(F)C(F)(F)C(F)(F)F)C(C(F)(F)C(F)(F)C(F)(F)C(F)(F)C(F)(F)C(F)(F)C(F)(F)F)(C(F)(F)C(F)(F)C(F)(F)C(F)(F)C(F)(F)C(F)(F)C(F)(F)C(F)(F)F)C1(C(=O)O)C(=O)O. The van der Waals surface area contributed by atoms with Gasteiger partial charge in [0.15, 0.2) is 5.41 Å². The molecule has 1 rings (SSSR count). The van der Waals surface area contributed by atoms with Gasteiger partial charge >= 0.3 is 179 Å². The van der Waals surface area contributed by atoms with Crippen LogP contribution in [0.5, 0.6) is 0 Å².